The third-order valence-electron chi connectivity index (χ3n) is 3.50. The van der Waals surface area contributed by atoms with Crippen LogP contribution >= 0.6 is 0 Å². The molecule has 2 aromatic rings. The van der Waals surface area contributed by atoms with Gasteiger partial charge in [-0.15, -0.1) is 0 Å². The lowest BCUT2D eigenvalue weighted by Crippen LogP contribution is -2.25. The van der Waals surface area contributed by atoms with Crippen molar-refractivity contribution in [3.63, 3.8) is 0 Å². The standard InChI is InChI=1S/C16H13N3O2/c1-11-15(21)8-17-18-16(11)13-2-4-14(5-3-13)19-7-6-12(9-19)10-20/h2-11H,1H3. The lowest BCUT2D eigenvalue weighted by Gasteiger charge is -2.14. The number of benzene rings is 1. The third kappa shape index (κ3) is 2.45. The number of nitrogens with zero attached hydrogens (tertiary/aromatic N) is 3. The maximum absolute atomic E-state index is 11.6. The van der Waals surface area contributed by atoms with Gasteiger partial charge in [-0.2, -0.15) is 10.2 Å². The molecule has 0 fully saturated rings. The molecule has 1 atom stereocenters. The highest BCUT2D eigenvalue weighted by molar-refractivity contribution is 6.36. The third-order valence-corrected chi connectivity index (χ3v) is 3.50. The lowest BCUT2D eigenvalue weighted by molar-refractivity contribution is -0.114. The Hall–Kier alpha value is -2.82. The molecule has 5 nitrogen and oxygen atoms in total. The summed E-state index contributed by atoms with van der Waals surface area (Å²) in [4.78, 5) is 22.3. The number of aldehydes is 1. The van der Waals surface area contributed by atoms with Crippen molar-refractivity contribution < 1.29 is 9.59 Å². The van der Waals surface area contributed by atoms with E-state index in [2.05, 4.69) is 10.2 Å². The van der Waals surface area contributed by atoms with E-state index in [4.69, 9.17) is 0 Å². The molecule has 21 heavy (non-hydrogen) atoms. The van der Waals surface area contributed by atoms with Crippen molar-refractivity contribution in [1.29, 1.82) is 0 Å². The molecule has 104 valence electrons. The van der Waals surface area contributed by atoms with Gasteiger partial charge in [0.05, 0.1) is 17.8 Å². The van der Waals surface area contributed by atoms with Gasteiger partial charge in [-0.3, -0.25) is 9.59 Å². The molecule has 5 heteroatoms. The number of hydrogen-bond acceptors (Lipinski definition) is 4. The van der Waals surface area contributed by atoms with E-state index in [0.29, 0.717) is 11.3 Å². The minimum Gasteiger partial charge on any atom is -0.323 e. The van der Waals surface area contributed by atoms with Gasteiger partial charge in [0.15, 0.2) is 12.1 Å². The van der Waals surface area contributed by atoms with Crippen LogP contribution < -0.4 is 0 Å². The van der Waals surface area contributed by atoms with E-state index in [0.717, 1.165) is 17.5 Å². The van der Waals surface area contributed by atoms with Gasteiger partial charge < -0.3 is 4.57 Å². The van der Waals surface area contributed by atoms with Crippen LogP contribution in [0.25, 0.3) is 5.69 Å². The van der Waals surface area contributed by atoms with Crippen LogP contribution in [-0.4, -0.2) is 28.6 Å². The Labute approximate surface area is 121 Å². The van der Waals surface area contributed by atoms with E-state index in [1.807, 2.05) is 42.0 Å². The number of carbonyl (C=O) groups excluding carboxylic acids is 2. The van der Waals surface area contributed by atoms with Crippen molar-refractivity contribution in [3.8, 4) is 5.69 Å². The number of Topliss-reactive ketones (excluding diaryl/α,β-unsaturated/α-hetero) is 1. The summed E-state index contributed by atoms with van der Waals surface area (Å²) in [6.07, 6.45) is 5.65. The van der Waals surface area contributed by atoms with E-state index in [9.17, 15) is 9.59 Å². The van der Waals surface area contributed by atoms with Gasteiger partial charge in [0.1, 0.15) is 0 Å². The van der Waals surface area contributed by atoms with Gasteiger partial charge in [-0.1, -0.05) is 12.1 Å². The summed E-state index contributed by atoms with van der Waals surface area (Å²) in [6, 6.07) is 9.39. The Morgan fingerprint density at radius 1 is 1.19 bits per heavy atom. The van der Waals surface area contributed by atoms with Crippen molar-refractivity contribution >= 4 is 24.0 Å². The molecule has 1 aliphatic rings. The summed E-state index contributed by atoms with van der Waals surface area (Å²) in [5.41, 5.74) is 3.12. The zero-order valence-electron chi connectivity index (χ0n) is 11.4. The first-order valence-electron chi connectivity index (χ1n) is 6.58. The zero-order chi connectivity index (χ0) is 14.8. The Morgan fingerprint density at radius 2 is 1.95 bits per heavy atom. The molecule has 1 aliphatic heterocycles. The fraction of sp³-hybridized carbons (Fsp3) is 0.125. The first-order chi connectivity index (χ1) is 10.2. The molecule has 1 aromatic carbocycles. The molecule has 0 saturated carbocycles. The van der Waals surface area contributed by atoms with Crippen molar-refractivity contribution in [3.05, 3.63) is 53.9 Å². The Balaban J connectivity index is 1.91. The quantitative estimate of drug-likeness (QED) is 0.809. The molecule has 0 radical (unpaired) electrons. The topological polar surface area (TPSA) is 63.8 Å². The van der Waals surface area contributed by atoms with Gasteiger partial charge in [0, 0.05) is 23.6 Å². The van der Waals surface area contributed by atoms with Crippen molar-refractivity contribution in [2.75, 3.05) is 0 Å². The van der Waals surface area contributed by atoms with Crippen LogP contribution in [0.1, 0.15) is 22.8 Å². The average molecular weight is 279 g/mol. The van der Waals surface area contributed by atoms with Crippen LogP contribution in [0.5, 0.6) is 0 Å². The molecule has 0 aliphatic carbocycles. The van der Waals surface area contributed by atoms with Crippen LogP contribution in [0.15, 0.2) is 52.9 Å². The zero-order valence-corrected chi connectivity index (χ0v) is 11.4. The highest BCUT2D eigenvalue weighted by Gasteiger charge is 2.22. The number of rotatable bonds is 3. The summed E-state index contributed by atoms with van der Waals surface area (Å²) < 4.78 is 1.86. The minimum absolute atomic E-state index is 0.0369. The Kier molecular flexibility index (Phi) is 3.31. The maximum Gasteiger partial charge on any atom is 0.184 e. The van der Waals surface area contributed by atoms with Crippen LogP contribution in [-0.2, 0) is 4.79 Å². The fourth-order valence-electron chi connectivity index (χ4n) is 2.24. The minimum atomic E-state index is -0.276. The smallest absolute Gasteiger partial charge is 0.184 e. The van der Waals surface area contributed by atoms with E-state index < -0.39 is 0 Å². The molecular weight excluding hydrogens is 266 g/mol. The highest BCUT2D eigenvalue weighted by Crippen LogP contribution is 2.17. The maximum atomic E-state index is 11.6. The van der Waals surface area contributed by atoms with Gasteiger partial charge in [0.2, 0.25) is 0 Å². The number of aromatic nitrogens is 1. The Morgan fingerprint density at radius 3 is 2.62 bits per heavy atom. The van der Waals surface area contributed by atoms with Crippen LogP contribution in [0.2, 0.25) is 0 Å². The van der Waals surface area contributed by atoms with Crippen molar-refractivity contribution in [2.24, 2.45) is 16.1 Å². The summed E-state index contributed by atoms with van der Waals surface area (Å²) in [6.45, 7) is 1.82. The predicted molar refractivity (Wildman–Crippen MR) is 80.4 cm³/mol. The highest BCUT2D eigenvalue weighted by atomic mass is 16.1. The molecule has 0 bridgehead atoms. The second-order valence-electron chi connectivity index (χ2n) is 4.87. The summed E-state index contributed by atoms with van der Waals surface area (Å²) >= 11 is 0. The average Bonchev–Trinajstić information content (AvgIpc) is 2.99. The molecule has 0 amide bonds. The number of hydrogen-bond donors (Lipinski definition) is 0. The number of ketones is 1. The summed E-state index contributed by atoms with van der Waals surface area (Å²) in [5.74, 6) is -0.313. The molecule has 0 spiro atoms. The van der Waals surface area contributed by atoms with E-state index in [1.54, 1.807) is 12.3 Å². The molecule has 3 rings (SSSR count). The van der Waals surface area contributed by atoms with Crippen LogP contribution in [0, 0.1) is 5.92 Å². The molecule has 0 saturated heterocycles. The van der Waals surface area contributed by atoms with Crippen molar-refractivity contribution in [2.45, 2.75) is 6.92 Å². The molecular formula is C16H13N3O2. The summed E-state index contributed by atoms with van der Waals surface area (Å²) in [7, 11) is 0. The van der Waals surface area contributed by atoms with E-state index >= 15 is 0 Å². The van der Waals surface area contributed by atoms with Gasteiger partial charge >= 0.3 is 0 Å². The van der Waals surface area contributed by atoms with E-state index in [1.165, 1.54) is 6.21 Å². The molecule has 2 heterocycles. The van der Waals surface area contributed by atoms with Gasteiger partial charge in [0.25, 0.3) is 0 Å². The SMILES string of the molecule is CC1C(=O)C=NN=C1c1ccc(-n2ccc(C=O)c2)cc1. The Bertz CT molecular complexity index is 754. The number of carbonyl (C=O) groups is 2. The second kappa shape index (κ2) is 5.28. The summed E-state index contributed by atoms with van der Waals surface area (Å²) in [5, 5.41) is 7.79. The van der Waals surface area contributed by atoms with Gasteiger partial charge in [-0.05, 0) is 30.7 Å². The first kappa shape index (κ1) is 13.2. The molecule has 1 unspecified atom stereocenters. The normalized spacial score (nSPS) is 17.7. The second-order valence-corrected chi connectivity index (χ2v) is 4.87. The van der Waals surface area contributed by atoms with E-state index in [-0.39, 0.29) is 11.7 Å². The first-order valence-corrected chi connectivity index (χ1v) is 6.58. The monoisotopic (exact) mass is 279 g/mol. The molecule has 0 N–H and O–H groups in total. The van der Waals surface area contributed by atoms with Crippen LogP contribution in [0.4, 0.5) is 0 Å². The lowest BCUT2D eigenvalue weighted by atomic mass is 9.94. The molecule has 1 aromatic heterocycles. The largest absolute Gasteiger partial charge is 0.323 e. The predicted octanol–water partition coefficient (Wildman–Crippen LogP) is 2.28. The fourth-order valence-corrected chi connectivity index (χ4v) is 2.24. The van der Waals surface area contributed by atoms with Gasteiger partial charge in [-0.25, -0.2) is 0 Å². The van der Waals surface area contributed by atoms with Crippen LogP contribution in [0.3, 0.4) is 0 Å². The van der Waals surface area contributed by atoms with Crippen molar-refractivity contribution in [1.82, 2.24) is 4.57 Å².